The van der Waals surface area contributed by atoms with Crippen molar-refractivity contribution in [1.82, 2.24) is 0 Å². The molecule has 0 saturated heterocycles. The number of thioether (sulfide) groups is 1. The van der Waals surface area contributed by atoms with Gasteiger partial charge in [-0.15, -0.1) is 0 Å². The van der Waals surface area contributed by atoms with Gasteiger partial charge in [-0.1, -0.05) is 12.2 Å². The third-order valence-electron chi connectivity index (χ3n) is 1.04. The highest BCUT2D eigenvalue weighted by molar-refractivity contribution is 7.99. The first-order valence-corrected chi connectivity index (χ1v) is 3.88. The van der Waals surface area contributed by atoms with E-state index in [9.17, 15) is 0 Å². The molecule has 0 fully saturated rings. The molecule has 0 unspecified atom stereocenters. The van der Waals surface area contributed by atoms with Crippen LogP contribution in [0.2, 0.25) is 0 Å². The van der Waals surface area contributed by atoms with Gasteiger partial charge in [0.1, 0.15) is 0 Å². The molecule has 0 spiro atoms. The number of rotatable bonds is 0. The summed E-state index contributed by atoms with van der Waals surface area (Å²) in [5, 5.41) is 0. The van der Waals surface area contributed by atoms with Crippen LogP contribution in [-0.2, 0) is 0 Å². The lowest BCUT2D eigenvalue weighted by Crippen LogP contribution is -1.72. The topological polar surface area (TPSA) is 0 Å². The Morgan fingerprint density at radius 2 is 2.29 bits per heavy atom. The molecule has 0 bridgehead atoms. The molecular weight excluding hydrogens is 104 g/mol. The lowest BCUT2D eigenvalue weighted by Gasteiger charge is -1.86. The van der Waals surface area contributed by atoms with Crippen molar-refractivity contribution in [3.63, 3.8) is 0 Å². The Balaban J connectivity index is 2.20. The van der Waals surface area contributed by atoms with Crippen LogP contribution < -0.4 is 0 Å². The van der Waals surface area contributed by atoms with Gasteiger partial charge in [0.25, 0.3) is 0 Å². The van der Waals surface area contributed by atoms with E-state index in [1.54, 1.807) is 0 Å². The molecule has 0 atom stereocenters. The lowest BCUT2D eigenvalue weighted by atomic mass is 10.3. The van der Waals surface area contributed by atoms with Crippen molar-refractivity contribution in [3.8, 4) is 0 Å². The molecule has 0 aromatic rings. The smallest absolute Gasteiger partial charge is 0.0113 e. The molecule has 0 saturated carbocycles. The molecule has 1 aliphatic heterocycles. The highest BCUT2D eigenvalue weighted by Crippen LogP contribution is 2.09. The average molecular weight is 114 g/mol. The maximum Gasteiger partial charge on any atom is 0.0113 e. The summed E-state index contributed by atoms with van der Waals surface area (Å²) in [5.41, 5.74) is 0. The van der Waals surface area contributed by atoms with Crippen molar-refractivity contribution in [2.45, 2.75) is 12.8 Å². The molecule has 0 amide bonds. The minimum absolute atomic E-state index is 1.24. The Bertz CT molecular complexity index is 58.6. The van der Waals surface area contributed by atoms with E-state index in [1.807, 2.05) is 11.8 Å². The molecule has 40 valence electrons. The minimum Gasteiger partial charge on any atom is -0.158 e. The van der Waals surface area contributed by atoms with Gasteiger partial charge in [0.2, 0.25) is 0 Å². The second-order valence-corrected chi connectivity index (χ2v) is 2.84. The summed E-state index contributed by atoms with van der Waals surface area (Å²) in [6.45, 7) is 0. The van der Waals surface area contributed by atoms with Gasteiger partial charge in [-0.25, -0.2) is 0 Å². The summed E-state index contributed by atoms with van der Waals surface area (Å²) in [4.78, 5) is 0. The van der Waals surface area contributed by atoms with Crippen LogP contribution in [0.5, 0.6) is 0 Å². The molecule has 0 radical (unpaired) electrons. The molecule has 0 aromatic carbocycles. The summed E-state index contributed by atoms with van der Waals surface area (Å²) >= 11 is 2.03. The molecule has 1 heteroatoms. The van der Waals surface area contributed by atoms with Crippen molar-refractivity contribution < 1.29 is 0 Å². The molecule has 7 heavy (non-hydrogen) atoms. The fourth-order valence-electron chi connectivity index (χ4n) is 0.641. The van der Waals surface area contributed by atoms with Crippen molar-refractivity contribution in [2.75, 3.05) is 11.5 Å². The highest BCUT2D eigenvalue weighted by Gasteiger charge is 1.88. The summed E-state index contributed by atoms with van der Waals surface area (Å²) in [6.07, 6.45) is 7.21. The van der Waals surface area contributed by atoms with Crippen LogP contribution in [-0.4, -0.2) is 11.5 Å². The second kappa shape index (κ2) is 3.14. The molecule has 0 N–H and O–H groups in total. The predicted molar refractivity (Wildman–Crippen MR) is 35.7 cm³/mol. The first-order chi connectivity index (χ1) is 3.50. The first-order valence-electron chi connectivity index (χ1n) is 2.73. The van der Waals surface area contributed by atoms with Gasteiger partial charge < -0.3 is 0 Å². The van der Waals surface area contributed by atoms with Crippen LogP contribution in [0.1, 0.15) is 12.8 Å². The Morgan fingerprint density at radius 1 is 1.29 bits per heavy atom. The van der Waals surface area contributed by atoms with Crippen molar-refractivity contribution in [3.05, 3.63) is 12.2 Å². The Labute approximate surface area is 49.0 Å². The Morgan fingerprint density at radius 3 is 3.29 bits per heavy atom. The fourth-order valence-corrected chi connectivity index (χ4v) is 1.45. The van der Waals surface area contributed by atoms with Gasteiger partial charge in [0, 0.05) is 5.75 Å². The van der Waals surface area contributed by atoms with Gasteiger partial charge in [-0.05, 0) is 18.6 Å². The van der Waals surface area contributed by atoms with E-state index in [4.69, 9.17) is 0 Å². The van der Waals surface area contributed by atoms with E-state index >= 15 is 0 Å². The maximum atomic E-state index is 2.28. The van der Waals surface area contributed by atoms with Gasteiger partial charge in [-0.3, -0.25) is 0 Å². The molecule has 0 aromatic heterocycles. The minimum atomic E-state index is 1.24. The van der Waals surface area contributed by atoms with Crippen LogP contribution in [0.3, 0.4) is 0 Å². The van der Waals surface area contributed by atoms with Gasteiger partial charge >= 0.3 is 0 Å². The Kier molecular flexibility index (Phi) is 2.35. The van der Waals surface area contributed by atoms with E-state index in [0.29, 0.717) is 0 Å². The zero-order valence-corrected chi connectivity index (χ0v) is 5.21. The van der Waals surface area contributed by atoms with Crippen LogP contribution in [0.25, 0.3) is 0 Å². The number of hydrogen-bond acceptors (Lipinski definition) is 1. The largest absolute Gasteiger partial charge is 0.158 e. The third-order valence-corrected chi connectivity index (χ3v) is 2.05. The first kappa shape index (κ1) is 5.23. The molecule has 0 nitrogen and oxygen atoms in total. The maximum absolute atomic E-state index is 2.28. The van der Waals surface area contributed by atoms with Crippen LogP contribution in [0.15, 0.2) is 12.2 Å². The number of allylic oxidation sites excluding steroid dienone is 1. The van der Waals surface area contributed by atoms with Gasteiger partial charge in [-0.2, -0.15) is 11.8 Å². The SMILES string of the molecule is C1=CCSCCC1. The number of hydrogen-bond donors (Lipinski definition) is 0. The fraction of sp³-hybridized carbons (Fsp3) is 0.667. The predicted octanol–water partition coefficient (Wildman–Crippen LogP) is 2.07. The summed E-state index contributed by atoms with van der Waals surface area (Å²) < 4.78 is 0. The zero-order chi connectivity index (χ0) is 4.95. The van der Waals surface area contributed by atoms with Crippen LogP contribution >= 0.6 is 11.8 Å². The molecule has 1 aliphatic rings. The third kappa shape index (κ3) is 2.03. The normalized spacial score (nSPS) is 21.7. The van der Waals surface area contributed by atoms with E-state index in [2.05, 4.69) is 12.2 Å². The average Bonchev–Trinajstić information content (AvgIpc) is 1.90. The van der Waals surface area contributed by atoms with Crippen LogP contribution in [0, 0.1) is 0 Å². The quantitative estimate of drug-likeness (QED) is 0.434. The van der Waals surface area contributed by atoms with Gasteiger partial charge in [0.15, 0.2) is 0 Å². The Hall–Kier alpha value is 0.0900. The van der Waals surface area contributed by atoms with E-state index in [0.717, 1.165) is 0 Å². The van der Waals surface area contributed by atoms with E-state index < -0.39 is 0 Å². The monoisotopic (exact) mass is 114 g/mol. The van der Waals surface area contributed by atoms with Crippen LogP contribution in [0.4, 0.5) is 0 Å². The van der Waals surface area contributed by atoms with Crippen molar-refractivity contribution in [2.24, 2.45) is 0 Å². The van der Waals surface area contributed by atoms with Crippen molar-refractivity contribution >= 4 is 11.8 Å². The second-order valence-electron chi connectivity index (χ2n) is 1.69. The lowest BCUT2D eigenvalue weighted by molar-refractivity contribution is 0.978. The summed E-state index contributed by atoms with van der Waals surface area (Å²) in [7, 11) is 0. The summed E-state index contributed by atoms with van der Waals surface area (Å²) in [5.74, 6) is 2.59. The molecule has 1 rings (SSSR count). The highest BCUT2D eigenvalue weighted by atomic mass is 32.2. The van der Waals surface area contributed by atoms with Crippen molar-refractivity contribution in [1.29, 1.82) is 0 Å². The van der Waals surface area contributed by atoms with Gasteiger partial charge in [0.05, 0.1) is 0 Å². The molecular formula is C6H10S. The summed E-state index contributed by atoms with van der Waals surface area (Å²) in [6, 6.07) is 0. The molecule has 0 aliphatic carbocycles. The molecule has 1 heterocycles. The van der Waals surface area contributed by atoms with E-state index in [-0.39, 0.29) is 0 Å². The standard InChI is InChI=1S/C6H10S/c1-2-4-6-7-5-3-1/h1,3H,2,4-6H2. The zero-order valence-electron chi connectivity index (χ0n) is 4.39. The van der Waals surface area contributed by atoms with E-state index in [1.165, 1.54) is 24.3 Å².